The van der Waals surface area contributed by atoms with E-state index >= 15 is 0 Å². The molecule has 0 radical (unpaired) electrons. The van der Waals surface area contributed by atoms with E-state index in [0.29, 0.717) is 19.5 Å². The second-order valence-corrected chi connectivity index (χ2v) is 6.78. The van der Waals surface area contributed by atoms with Gasteiger partial charge >= 0.3 is 0 Å². The van der Waals surface area contributed by atoms with Gasteiger partial charge in [-0.05, 0) is 43.5 Å². The van der Waals surface area contributed by atoms with E-state index in [0.717, 1.165) is 44.7 Å². The summed E-state index contributed by atoms with van der Waals surface area (Å²) in [6.07, 6.45) is 2.56. The van der Waals surface area contributed by atoms with Gasteiger partial charge in [0.15, 0.2) is 0 Å². The molecule has 2 aliphatic rings. The lowest BCUT2D eigenvalue weighted by Crippen LogP contribution is -2.55. The second kappa shape index (κ2) is 7.74. The Labute approximate surface area is 148 Å². The second-order valence-electron chi connectivity index (χ2n) is 6.78. The third-order valence-corrected chi connectivity index (χ3v) is 5.10. The van der Waals surface area contributed by atoms with Gasteiger partial charge in [-0.2, -0.15) is 0 Å². The van der Waals surface area contributed by atoms with Gasteiger partial charge in [-0.3, -0.25) is 14.5 Å². The Bertz CT molecular complexity index is 611. The zero-order chi connectivity index (χ0) is 17.8. The third-order valence-electron chi connectivity index (χ3n) is 5.10. The van der Waals surface area contributed by atoms with E-state index in [1.54, 1.807) is 17.0 Å². The molecule has 7 heteroatoms. The van der Waals surface area contributed by atoms with Crippen molar-refractivity contribution >= 4 is 17.5 Å². The lowest BCUT2D eigenvalue weighted by atomic mass is 10.0. The molecule has 0 unspecified atom stereocenters. The van der Waals surface area contributed by atoms with Crippen LogP contribution in [0.1, 0.15) is 19.3 Å². The Morgan fingerprint density at radius 3 is 2.36 bits per heavy atom. The molecule has 0 spiro atoms. The van der Waals surface area contributed by atoms with Gasteiger partial charge in [0.05, 0.1) is 6.54 Å². The molecule has 1 aromatic rings. The van der Waals surface area contributed by atoms with E-state index in [1.165, 1.54) is 0 Å². The summed E-state index contributed by atoms with van der Waals surface area (Å²) in [6, 6.07) is 6.74. The summed E-state index contributed by atoms with van der Waals surface area (Å²) in [5.74, 6) is -0.134. The molecule has 2 saturated heterocycles. The number of rotatable bonds is 4. The average Bonchev–Trinajstić information content (AvgIpc) is 2.63. The van der Waals surface area contributed by atoms with E-state index in [-0.39, 0.29) is 11.7 Å². The molecule has 0 aliphatic carbocycles. The average molecular weight is 346 g/mol. The number of primary amides is 1. The van der Waals surface area contributed by atoms with Gasteiger partial charge in [0, 0.05) is 38.4 Å². The highest BCUT2D eigenvalue weighted by molar-refractivity contribution is 5.87. The van der Waals surface area contributed by atoms with E-state index in [9.17, 15) is 14.7 Å². The number of phenolic OH excluding ortho intramolecular Hbond substituents is 1. The molecule has 0 aromatic heterocycles. The lowest BCUT2D eigenvalue weighted by molar-refractivity contribution is -0.142. The number of anilines is 1. The highest BCUT2D eigenvalue weighted by Crippen LogP contribution is 2.20. The molecule has 3 N–H and O–H groups in total. The Morgan fingerprint density at radius 1 is 1.04 bits per heavy atom. The molecular formula is C18H26N4O3. The number of nitrogens with two attached hydrogens (primary N) is 1. The molecule has 1 atom stereocenters. The maximum Gasteiger partial charge on any atom is 0.240 e. The summed E-state index contributed by atoms with van der Waals surface area (Å²) in [5, 5.41) is 9.38. The molecule has 2 heterocycles. The summed E-state index contributed by atoms with van der Waals surface area (Å²) in [5.41, 5.74) is 6.53. The van der Waals surface area contributed by atoms with Crippen LogP contribution in [0.5, 0.6) is 5.75 Å². The van der Waals surface area contributed by atoms with Crippen molar-refractivity contribution in [3.05, 3.63) is 24.3 Å². The third kappa shape index (κ3) is 4.22. The van der Waals surface area contributed by atoms with Gasteiger partial charge in [0.25, 0.3) is 0 Å². The van der Waals surface area contributed by atoms with Crippen molar-refractivity contribution in [1.82, 2.24) is 9.80 Å². The molecule has 1 aromatic carbocycles. The number of amides is 2. The maximum atomic E-state index is 12.6. The monoisotopic (exact) mass is 346 g/mol. The summed E-state index contributed by atoms with van der Waals surface area (Å²) < 4.78 is 0. The predicted octanol–water partition coefficient (Wildman–Crippen LogP) is 0.381. The quantitative estimate of drug-likeness (QED) is 0.823. The topological polar surface area (TPSA) is 90.1 Å². The Morgan fingerprint density at radius 2 is 1.72 bits per heavy atom. The van der Waals surface area contributed by atoms with Gasteiger partial charge in [0.1, 0.15) is 11.8 Å². The Hall–Kier alpha value is -2.28. The number of carbonyl (C=O) groups is 2. The standard InChI is InChI=1S/C18H26N4O3/c19-18(25)16-3-1-2-8-22(16)17(24)13-20-9-11-21(12-10-20)14-4-6-15(23)7-5-14/h4-7,16,23H,1-3,8-13H2,(H2,19,25)/t16-/m0/s1. The molecule has 0 bridgehead atoms. The van der Waals surface area contributed by atoms with E-state index in [4.69, 9.17) is 5.73 Å². The van der Waals surface area contributed by atoms with E-state index in [1.807, 2.05) is 12.1 Å². The van der Waals surface area contributed by atoms with Crippen LogP contribution in [0.2, 0.25) is 0 Å². The number of piperazine rings is 1. The van der Waals surface area contributed by atoms with Gasteiger partial charge in [-0.15, -0.1) is 0 Å². The van der Waals surface area contributed by atoms with Gasteiger partial charge in [-0.25, -0.2) is 0 Å². The van der Waals surface area contributed by atoms with Crippen LogP contribution in [0.15, 0.2) is 24.3 Å². The number of phenols is 1. The van der Waals surface area contributed by atoms with Crippen LogP contribution in [0.25, 0.3) is 0 Å². The highest BCUT2D eigenvalue weighted by Gasteiger charge is 2.31. The van der Waals surface area contributed by atoms with Crippen LogP contribution in [0.4, 0.5) is 5.69 Å². The molecule has 136 valence electrons. The first kappa shape index (κ1) is 17.5. The highest BCUT2D eigenvalue weighted by atomic mass is 16.3. The number of hydrogen-bond donors (Lipinski definition) is 2. The zero-order valence-corrected chi connectivity index (χ0v) is 14.4. The number of hydrogen-bond acceptors (Lipinski definition) is 5. The van der Waals surface area contributed by atoms with Crippen molar-refractivity contribution in [2.75, 3.05) is 44.2 Å². The van der Waals surface area contributed by atoms with Crippen molar-refractivity contribution in [2.24, 2.45) is 5.73 Å². The molecule has 2 amide bonds. The molecule has 3 rings (SSSR count). The molecular weight excluding hydrogens is 320 g/mol. The van der Waals surface area contributed by atoms with Crippen molar-refractivity contribution in [3.63, 3.8) is 0 Å². The summed E-state index contributed by atoms with van der Waals surface area (Å²) in [7, 11) is 0. The number of nitrogens with zero attached hydrogens (tertiary/aromatic N) is 3. The summed E-state index contributed by atoms with van der Waals surface area (Å²) in [4.78, 5) is 30.2. The number of carbonyl (C=O) groups excluding carboxylic acids is 2. The van der Waals surface area contributed by atoms with Gasteiger partial charge in [-0.1, -0.05) is 0 Å². The van der Waals surface area contributed by atoms with Crippen molar-refractivity contribution in [1.29, 1.82) is 0 Å². The fraction of sp³-hybridized carbons (Fsp3) is 0.556. The van der Waals surface area contributed by atoms with Crippen molar-refractivity contribution in [3.8, 4) is 5.75 Å². The number of likely N-dealkylation sites (tertiary alicyclic amines) is 1. The molecule has 0 saturated carbocycles. The Balaban J connectivity index is 1.52. The van der Waals surface area contributed by atoms with Gasteiger partial charge in [0.2, 0.25) is 11.8 Å². The number of benzene rings is 1. The van der Waals surface area contributed by atoms with Crippen LogP contribution in [-0.4, -0.2) is 72.0 Å². The first-order valence-corrected chi connectivity index (χ1v) is 8.90. The molecule has 2 aliphatic heterocycles. The maximum absolute atomic E-state index is 12.6. The van der Waals surface area contributed by atoms with Crippen LogP contribution in [0, 0.1) is 0 Å². The number of aromatic hydroxyl groups is 1. The summed E-state index contributed by atoms with van der Waals surface area (Å²) in [6.45, 7) is 4.21. The first-order valence-electron chi connectivity index (χ1n) is 8.90. The lowest BCUT2D eigenvalue weighted by Gasteiger charge is -2.38. The molecule has 7 nitrogen and oxygen atoms in total. The van der Waals surface area contributed by atoms with Crippen LogP contribution >= 0.6 is 0 Å². The van der Waals surface area contributed by atoms with Crippen molar-refractivity contribution in [2.45, 2.75) is 25.3 Å². The Kier molecular flexibility index (Phi) is 5.43. The zero-order valence-electron chi connectivity index (χ0n) is 14.4. The predicted molar refractivity (Wildman–Crippen MR) is 95.3 cm³/mol. The fourth-order valence-electron chi connectivity index (χ4n) is 3.64. The minimum atomic E-state index is -0.445. The molecule has 2 fully saturated rings. The summed E-state index contributed by atoms with van der Waals surface area (Å²) >= 11 is 0. The van der Waals surface area contributed by atoms with E-state index < -0.39 is 11.9 Å². The largest absolute Gasteiger partial charge is 0.508 e. The van der Waals surface area contributed by atoms with Crippen LogP contribution < -0.4 is 10.6 Å². The van der Waals surface area contributed by atoms with E-state index in [2.05, 4.69) is 9.80 Å². The first-order chi connectivity index (χ1) is 12.0. The SMILES string of the molecule is NC(=O)[C@@H]1CCCCN1C(=O)CN1CCN(c2ccc(O)cc2)CC1. The minimum absolute atomic E-state index is 0.00147. The smallest absolute Gasteiger partial charge is 0.240 e. The molecule has 25 heavy (non-hydrogen) atoms. The van der Waals surface area contributed by atoms with Gasteiger partial charge < -0.3 is 20.6 Å². The fourth-order valence-corrected chi connectivity index (χ4v) is 3.64. The van der Waals surface area contributed by atoms with Crippen molar-refractivity contribution < 1.29 is 14.7 Å². The normalized spacial score (nSPS) is 22.0. The minimum Gasteiger partial charge on any atom is -0.508 e. The van der Waals surface area contributed by atoms with Crippen LogP contribution in [-0.2, 0) is 9.59 Å². The van der Waals surface area contributed by atoms with Crippen LogP contribution in [0.3, 0.4) is 0 Å². The number of piperidine rings is 1.